The van der Waals surface area contributed by atoms with Crippen LogP contribution in [0.2, 0.25) is 0 Å². The number of aliphatic hydroxyl groups excluding tert-OH is 1. The van der Waals surface area contributed by atoms with Crippen LogP contribution in [0, 0.1) is 0 Å². The number of thiazole rings is 1. The Morgan fingerprint density at radius 1 is 1.42 bits per heavy atom. The maximum absolute atomic E-state index is 9.44. The van der Waals surface area contributed by atoms with Gasteiger partial charge in [-0.25, -0.2) is 4.98 Å². The first-order valence-electron chi connectivity index (χ1n) is 6.51. The highest BCUT2D eigenvalue weighted by Gasteiger charge is 2.21. The van der Waals surface area contributed by atoms with Gasteiger partial charge in [0.15, 0.2) is 4.34 Å². The van der Waals surface area contributed by atoms with Crippen LogP contribution >= 0.6 is 23.1 Å². The highest BCUT2D eigenvalue weighted by atomic mass is 32.2. The first-order chi connectivity index (χ1) is 9.17. The van der Waals surface area contributed by atoms with Gasteiger partial charge in [0.05, 0.1) is 16.8 Å². The molecular formula is C14H20N2OS2. The number of aliphatic hydroxyl groups is 1. The van der Waals surface area contributed by atoms with Crippen LogP contribution in [0.4, 0.5) is 0 Å². The first-order valence-corrected chi connectivity index (χ1v) is 8.31. The summed E-state index contributed by atoms with van der Waals surface area (Å²) in [4.78, 5) is 4.60. The molecule has 0 aliphatic rings. The van der Waals surface area contributed by atoms with E-state index in [1.165, 1.54) is 4.70 Å². The lowest BCUT2D eigenvalue weighted by atomic mass is 10.0. The van der Waals surface area contributed by atoms with Crippen LogP contribution in [0.25, 0.3) is 10.2 Å². The first kappa shape index (κ1) is 14.8. The smallest absolute Gasteiger partial charge is 0.151 e. The van der Waals surface area contributed by atoms with Crippen LogP contribution in [-0.4, -0.2) is 34.5 Å². The fraction of sp³-hybridized carbons (Fsp3) is 0.500. The molecule has 1 aromatic heterocycles. The molecule has 19 heavy (non-hydrogen) atoms. The molecule has 0 spiro atoms. The number of likely N-dealkylation sites (N-methyl/N-ethyl adjacent to an activating group) is 1. The fourth-order valence-corrected chi connectivity index (χ4v) is 4.27. The lowest BCUT2D eigenvalue weighted by Gasteiger charge is -2.27. The third kappa shape index (κ3) is 3.92. The van der Waals surface area contributed by atoms with Crippen molar-refractivity contribution in [3.8, 4) is 0 Å². The second-order valence-electron chi connectivity index (χ2n) is 4.80. The minimum atomic E-state index is -0.182. The molecule has 1 aromatic carbocycles. The molecule has 0 bridgehead atoms. The van der Waals surface area contributed by atoms with Gasteiger partial charge in [0, 0.05) is 11.3 Å². The van der Waals surface area contributed by atoms with E-state index in [2.05, 4.69) is 30.2 Å². The number of rotatable bonds is 7. The van der Waals surface area contributed by atoms with Gasteiger partial charge >= 0.3 is 0 Å². The zero-order chi connectivity index (χ0) is 13.7. The molecule has 2 aromatic rings. The third-order valence-electron chi connectivity index (χ3n) is 3.11. The van der Waals surface area contributed by atoms with Gasteiger partial charge in [0.2, 0.25) is 0 Å². The van der Waals surface area contributed by atoms with Crippen molar-refractivity contribution in [3.05, 3.63) is 24.3 Å². The number of aromatic nitrogens is 1. The Hall–Kier alpha value is -0.620. The van der Waals surface area contributed by atoms with Crippen molar-refractivity contribution >= 4 is 33.3 Å². The molecule has 0 aliphatic carbocycles. The van der Waals surface area contributed by atoms with Crippen molar-refractivity contribution in [2.24, 2.45) is 0 Å². The Bertz CT molecular complexity index is 496. The molecule has 0 aliphatic heterocycles. The van der Waals surface area contributed by atoms with Crippen molar-refractivity contribution in [2.45, 2.75) is 30.1 Å². The second kappa shape index (κ2) is 6.70. The average Bonchev–Trinajstić information content (AvgIpc) is 2.81. The lowest BCUT2D eigenvalue weighted by Crippen LogP contribution is -2.46. The van der Waals surface area contributed by atoms with E-state index in [9.17, 15) is 5.11 Å². The zero-order valence-corrected chi connectivity index (χ0v) is 13.0. The molecule has 2 rings (SSSR count). The number of fused-ring (bicyclic) bond motifs is 1. The van der Waals surface area contributed by atoms with Gasteiger partial charge in [0.1, 0.15) is 0 Å². The standard InChI is InChI=1S/C14H20N2OS2/c1-3-15-14(2,10-17)8-9-18-13-16-11-6-4-5-7-12(11)19-13/h4-7,15,17H,3,8-10H2,1-2H3. The number of hydrogen-bond acceptors (Lipinski definition) is 5. The molecule has 0 saturated carbocycles. The van der Waals surface area contributed by atoms with Crippen molar-refractivity contribution in [1.29, 1.82) is 0 Å². The summed E-state index contributed by atoms with van der Waals surface area (Å²) < 4.78 is 2.35. The topological polar surface area (TPSA) is 45.1 Å². The quantitative estimate of drug-likeness (QED) is 0.771. The number of para-hydroxylation sites is 1. The van der Waals surface area contributed by atoms with Gasteiger partial charge in [0.25, 0.3) is 0 Å². The van der Waals surface area contributed by atoms with Crippen LogP contribution in [-0.2, 0) is 0 Å². The van der Waals surface area contributed by atoms with Crippen molar-refractivity contribution in [1.82, 2.24) is 10.3 Å². The van der Waals surface area contributed by atoms with Crippen LogP contribution in [0.1, 0.15) is 20.3 Å². The van der Waals surface area contributed by atoms with E-state index in [1.54, 1.807) is 23.1 Å². The third-order valence-corrected chi connectivity index (χ3v) is 5.29. The minimum absolute atomic E-state index is 0.168. The fourth-order valence-electron chi connectivity index (χ4n) is 1.93. The highest BCUT2D eigenvalue weighted by Crippen LogP contribution is 2.30. The summed E-state index contributed by atoms with van der Waals surface area (Å²) in [5.74, 6) is 0.962. The summed E-state index contributed by atoms with van der Waals surface area (Å²) in [5, 5.41) is 12.8. The Morgan fingerprint density at radius 3 is 2.89 bits per heavy atom. The van der Waals surface area contributed by atoms with E-state index in [-0.39, 0.29) is 12.1 Å². The van der Waals surface area contributed by atoms with Crippen molar-refractivity contribution < 1.29 is 5.11 Å². The number of thioether (sulfide) groups is 1. The predicted octanol–water partition coefficient (Wildman–Crippen LogP) is 3.14. The average molecular weight is 296 g/mol. The SMILES string of the molecule is CCNC(C)(CO)CCSc1nc2ccccc2s1. The summed E-state index contributed by atoms with van der Waals surface area (Å²) >= 11 is 3.51. The van der Waals surface area contributed by atoms with Crippen molar-refractivity contribution in [3.63, 3.8) is 0 Å². The van der Waals surface area contributed by atoms with E-state index in [4.69, 9.17) is 0 Å². The van der Waals surface area contributed by atoms with E-state index in [0.717, 1.165) is 28.6 Å². The Balaban J connectivity index is 1.91. The normalized spacial score (nSPS) is 14.7. The molecule has 2 N–H and O–H groups in total. The van der Waals surface area contributed by atoms with Gasteiger partial charge in [-0.05, 0) is 32.0 Å². The monoisotopic (exact) mass is 296 g/mol. The van der Waals surface area contributed by atoms with Crippen LogP contribution in [0.3, 0.4) is 0 Å². The molecular weight excluding hydrogens is 276 g/mol. The largest absolute Gasteiger partial charge is 0.394 e. The van der Waals surface area contributed by atoms with E-state index in [1.807, 2.05) is 18.2 Å². The Labute approximate surface area is 122 Å². The van der Waals surface area contributed by atoms with E-state index >= 15 is 0 Å². The summed E-state index contributed by atoms with van der Waals surface area (Å²) in [5.41, 5.74) is 0.893. The Kier molecular flexibility index (Phi) is 5.21. The maximum Gasteiger partial charge on any atom is 0.151 e. The van der Waals surface area contributed by atoms with Crippen LogP contribution in [0.15, 0.2) is 28.6 Å². The Morgan fingerprint density at radius 2 is 2.21 bits per heavy atom. The minimum Gasteiger partial charge on any atom is -0.394 e. The molecule has 0 fully saturated rings. The van der Waals surface area contributed by atoms with E-state index < -0.39 is 0 Å². The number of nitrogens with zero attached hydrogens (tertiary/aromatic N) is 1. The molecule has 104 valence electrons. The van der Waals surface area contributed by atoms with Crippen LogP contribution in [0.5, 0.6) is 0 Å². The lowest BCUT2D eigenvalue weighted by molar-refractivity contribution is 0.173. The molecule has 1 atom stereocenters. The number of hydrogen-bond donors (Lipinski definition) is 2. The molecule has 1 heterocycles. The molecule has 5 heteroatoms. The van der Waals surface area contributed by atoms with Crippen LogP contribution < -0.4 is 5.32 Å². The van der Waals surface area contributed by atoms with Crippen molar-refractivity contribution in [2.75, 3.05) is 18.9 Å². The van der Waals surface area contributed by atoms with Gasteiger partial charge in [-0.15, -0.1) is 11.3 Å². The maximum atomic E-state index is 9.44. The number of nitrogens with one attached hydrogen (secondary N) is 1. The van der Waals surface area contributed by atoms with Gasteiger partial charge in [-0.1, -0.05) is 30.8 Å². The van der Waals surface area contributed by atoms with E-state index in [0.29, 0.717) is 0 Å². The summed E-state index contributed by atoms with van der Waals surface area (Å²) in [6.45, 7) is 5.17. The van der Waals surface area contributed by atoms with Gasteiger partial charge < -0.3 is 10.4 Å². The molecule has 0 amide bonds. The number of benzene rings is 1. The predicted molar refractivity (Wildman–Crippen MR) is 84.1 cm³/mol. The highest BCUT2D eigenvalue weighted by molar-refractivity contribution is 8.01. The van der Waals surface area contributed by atoms with Gasteiger partial charge in [-0.3, -0.25) is 0 Å². The molecule has 1 unspecified atom stereocenters. The zero-order valence-electron chi connectivity index (χ0n) is 11.3. The molecule has 0 radical (unpaired) electrons. The summed E-state index contributed by atoms with van der Waals surface area (Å²) in [6.07, 6.45) is 0.929. The summed E-state index contributed by atoms with van der Waals surface area (Å²) in [7, 11) is 0. The second-order valence-corrected chi connectivity index (χ2v) is 7.17. The molecule has 3 nitrogen and oxygen atoms in total. The van der Waals surface area contributed by atoms with Gasteiger partial charge in [-0.2, -0.15) is 0 Å². The molecule has 0 saturated heterocycles. The summed E-state index contributed by atoms with van der Waals surface area (Å²) in [6, 6.07) is 8.22.